The van der Waals surface area contributed by atoms with E-state index in [1.807, 2.05) is 5.38 Å². The van der Waals surface area contributed by atoms with Crippen LogP contribution in [0.3, 0.4) is 0 Å². The fraction of sp³-hybridized carbons (Fsp3) is 0.130. The number of hydrogen-bond donors (Lipinski definition) is 1. The SMILES string of the molecule is CC(=O)c1ccc(NS(=O)(=O)c2cc(-c3nc(-c4ccc(F)cc4)cs3)n(C)c2C)cc1. The molecule has 6 nitrogen and oxygen atoms in total. The first kappa shape index (κ1) is 21.9. The number of carbonyl (C=O) groups excluding carboxylic acids is 1. The summed E-state index contributed by atoms with van der Waals surface area (Å²) in [5.74, 6) is -0.410. The molecule has 0 amide bonds. The number of carbonyl (C=O) groups is 1. The molecule has 0 fully saturated rings. The Balaban J connectivity index is 1.65. The highest BCUT2D eigenvalue weighted by molar-refractivity contribution is 7.92. The van der Waals surface area contributed by atoms with E-state index in [-0.39, 0.29) is 16.5 Å². The maximum atomic E-state index is 13.2. The minimum atomic E-state index is -3.86. The molecule has 0 radical (unpaired) electrons. The minimum absolute atomic E-state index is 0.0913. The summed E-state index contributed by atoms with van der Waals surface area (Å²) in [6.07, 6.45) is 0. The van der Waals surface area contributed by atoms with Gasteiger partial charge in [0, 0.05) is 34.9 Å². The summed E-state index contributed by atoms with van der Waals surface area (Å²) >= 11 is 1.38. The highest BCUT2D eigenvalue weighted by Gasteiger charge is 2.24. The summed E-state index contributed by atoms with van der Waals surface area (Å²) in [6.45, 7) is 3.18. The Morgan fingerprint density at radius 2 is 1.75 bits per heavy atom. The molecule has 4 aromatic rings. The fourth-order valence-corrected chi connectivity index (χ4v) is 5.51. The van der Waals surface area contributed by atoms with Crippen LogP contribution in [-0.4, -0.2) is 23.8 Å². The zero-order chi connectivity index (χ0) is 23.0. The van der Waals surface area contributed by atoms with Crippen molar-refractivity contribution in [3.05, 3.63) is 77.1 Å². The lowest BCUT2D eigenvalue weighted by atomic mass is 10.1. The largest absolute Gasteiger partial charge is 0.345 e. The van der Waals surface area contributed by atoms with Gasteiger partial charge in [0.05, 0.1) is 11.4 Å². The van der Waals surface area contributed by atoms with Gasteiger partial charge in [0.2, 0.25) is 0 Å². The molecule has 0 aliphatic carbocycles. The molecule has 1 N–H and O–H groups in total. The van der Waals surface area contributed by atoms with E-state index in [4.69, 9.17) is 0 Å². The molecule has 0 aliphatic rings. The number of nitrogens with zero attached hydrogens (tertiary/aromatic N) is 2. The topological polar surface area (TPSA) is 81.1 Å². The molecule has 0 atom stereocenters. The lowest BCUT2D eigenvalue weighted by molar-refractivity contribution is 0.101. The number of nitrogens with one attached hydrogen (secondary N) is 1. The molecule has 4 rings (SSSR count). The number of hydrogen-bond acceptors (Lipinski definition) is 5. The van der Waals surface area contributed by atoms with Crippen molar-refractivity contribution in [1.29, 1.82) is 0 Å². The number of sulfonamides is 1. The summed E-state index contributed by atoms with van der Waals surface area (Å²) in [4.78, 5) is 16.2. The van der Waals surface area contributed by atoms with Gasteiger partial charge in [-0.1, -0.05) is 0 Å². The van der Waals surface area contributed by atoms with E-state index in [1.165, 1.54) is 30.4 Å². The average molecular weight is 470 g/mol. The Kier molecular flexibility index (Phi) is 5.70. The predicted octanol–water partition coefficient (Wildman–Crippen LogP) is 5.27. The van der Waals surface area contributed by atoms with Gasteiger partial charge >= 0.3 is 0 Å². The normalized spacial score (nSPS) is 11.5. The molecule has 9 heteroatoms. The summed E-state index contributed by atoms with van der Waals surface area (Å²) in [7, 11) is -2.08. The van der Waals surface area contributed by atoms with Crippen LogP contribution in [0.25, 0.3) is 22.0 Å². The summed E-state index contributed by atoms with van der Waals surface area (Å²) in [6, 6.07) is 13.9. The van der Waals surface area contributed by atoms with Gasteiger partial charge in [0.15, 0.2) is 5.78 Å². The highest BCUT2D eigenvalue weighted by atomic mass is 32.2. The minimum Gasteiger partial charge on any atom is -0.345 e. The van der Waals surface area contributed by atoms with Crippen LogP contribution in [0.4, 0.5) is 10.1 Å². The monoisotopic (exact) mass is 469 g/mol. The van der Waals surface area contributed by atoms with Crippen LogP contribution in [-0.2, 0) is 17.1 Å². The van der Waals surface area contributed by atoms with E-state index < -0.39 is 10.0 Å². The Hall–Kier alpha value is -3.30. The van der Waals surface area contributed by atoms with Crippen molar-refractivity contribution in [3.8, 4) is 22.0 Å². The van der Waals surface area contributed by atoms with Gasteiger partial charge in [0.1, 0.15) is 15.7 Å². The van der Waals surface area contributed by atoms with Gasteiger partial charge in [-0.3, -0.25) is 9.52 Å². The van der Waals surface area contributed by atoms with Gasteiger partial charge in [-0.15, -0.1) is 11.3 Å². The third-order valence-electron chi connectivity index (χ3n) is 5.19. The average Bonchev–Trinajstić information content (AvgIpc) is 3.34. The maximum Gasteiger partial charge on any atom is 0.263 e. The molecule has 2 heterocycles. The first-order chi connectivity index (χ1) is 15.2. The standard InChI is InChI=1S/C23H20FN3O3S2/c1-14-22(32(29,30)26-19-10-6-16(7-11-19)15(2)28)12-21(27(14)3)23-25-20(13-31-23)17-4-8-18(24)9-5-17/h4-13,26H,1-3H3. The Bertz CT molecular complexity index is 1400. The van der Waals surface area contributed by atoms with Crippen molar-refractivity contribution in [2.24, 2.45) is 7.05 Å². The summed E-state index contributed by atoms with van der Waals surface area (Å²) in [5, 5.41) is 2.51. The number of benzene rings is 2. The van der Waals surface area contributed by atoms with E-state index in [9.17, 15) is 17.6 Å². The molecule has 0 aliphatic heterocycles. The molecule has 2 aromatic carbocycles. The van der Waals surface area contributed by atoms with E-state index in [1.54, 1.807) is 61.0 Å². The van der Waals surface area contributed by atoms with E-state index >= 15 is 0 Å². The smallest absolute Gasteiger partial charge is 0.263 e. The second-order valence-electron chi connectivity index (χ2n) is 7.32. The van der Waals surface area contributed by atoms with Crippen LogP contribution in [0.2, 0.25) is 0 Å². The molecular weight excluding hydrogens is 449 g/mol. The Morgan fingerprint density at radius 3 is 2.38 bits per heavy atom. The number of Topliss-reactive ketones (excluding diaryl/α,β-unsaturated/α-hetero) is 1. The molecule has 32 heavy (non-hydrogen) atoms. The van der Waals surface area contributed by atoms with Gasteiger partial charge in [-0.2, -0.15) is 0 Å². The van der Waals surface area contributed by atoms with Crippen molar-refractivity contribution in [2.75, 3.05) is 4.72 Å². The van der Waals surface area contributed by atoms with E-state index in [2.05, 4.69) is 9.71 Å². The van der Waals surface area contributed by atoms with Gasteiger partial charge in [-0.25, -0.2) is 17.8 Å². The molecule has 0 saturated heterocycles. The lowest BCUT2D eigenvalue weighted by Crippen LogP contribution is -2.14. The van der Waals surface area contributed by atoms with Crippen LogP contribution >= 0.6 is 11.3 Å². The number of thiazole rings is 1. The Morgan fingerprint density at radius 1 is 1.09 bits per heavy atom. The molecule has 0 spiro atoms. The molecule has 0 bridgehead atoms. The second-order valence-corrected chi connectivity index (χ2v) is 9.83. The molecule has 0 saturated carbocycles. The number of ketones is 1. The fourth-order valence-electron chi connectivity index (χ4n) is 3.28. The Labute approximate surface area is 189 Å². The predicted molar refractivity (Wildman–Crippen MR) is 124 cm³/mol. The van der Waals surface area contributed by atoms with Crippen molar-refractivity contribution in [1.82, 2.24) is 9.55 Å². The van der Waals surface area contributed by atoms with Crippen LogP contribution < -0.4 is 4.72 Å². The zero-order valence-electron chi connectivity index (χ0n) is 17.6. The van der Waals surface area contributed by atoms with Crippen LogP contribution in [0.1, 0.15) is 23.0 Å². The number of anilines is 1. The van der Waals surface area contributed by atoms with Crippen LogP contribution in [0.15, 0.2) is 64.9 Å². The lowest BCUT2D eigenvalue weighted by Gasteiger charge is -2.08. The zero-order valence-corrected chi connectivity index (χ0v) is 19.2. The van der Waals surface area contributed by atoms with Crippen molar-refractivity contribution in [3.63, 3.8) is 0 Å². The highest BCUT2D eigenvalue weighted by Crippen LogP contribution is 2.33. The molecule has 2 aromatic heterocycles. The van der Waals surface area contributed by atoms with Gasteiger partial charge in [0.25, 0.3) is 10.0 Å². The van der Waals surface area contributed by atoms with E-state index in [0.717, 1.165) is 5.56 Å². The molecular formula is C23H20FN3O3S2. The number of rotatable bonds is 6. The van der Waals surface area contributed by atoms with Crippen molar-refractivity contribution >= 4 is 32.8 Å². The van der Waals surface area contributed by atoms with Crippen molar-refractivity contribution in [2.45, 2.75) is 18.7 Å². The molecule has 0 unspecified atom stereocenters. The van der Waals surface area contributed by atoms with Gasteiger partial charge < -0.3 is 4.57 Å². The van der Waals surface area contributed by atoms with Crippen LogP contribution in [0.5, 0.6) is 0 Å². The molecule has 164 valence electrons. The van der Waals surface area contributed by atoms with Gasteiger partial charge in [-0.05, 0) is 68.4 Å². The van der Waals surface area contributed by atoms with Crippen LogP contribution in [0, 0.1) is 12.7 Å². The first-order valence-electron chi connectivity index (χ1n) is 9.67. The first-order valence-corrected chi connectivity index (χ1v) is 12.0. The third kappa shape index (κ3) is 4.21. The maximum absolute atomic E-state index is 13.2. The number of halogens is 1. The van der Waals surface area contributed by atoms with E-state index in [0.29, 0.717) is 33.3 Å². The third-order valence-corrected chi connectivity index (χ3v) is 7.55. The van der Waals surface area contributed by atoms with Crippen molar-refractivity contribution < 1.29 is 17.6 Å². The second kappa shape index (κ2) is 8.33. The number of aromatic nitrogens is 2. The summed E-state index contributed by atoms with van der Waals surface area (Å²) in [5.41, 5.74) is 3.57. The quantitative estimate of drug-likeness (QED) is 0.390. The summed E-state index contributed by atoms with van der Waals surface area (Å²) < 4.78 is 43.6.